The van der Waals surface area contributed by atoms with Crippen molar-refractivity contribution in [3.63, 3.8) is 0 Å². The number of amides is 1. The van der Waals surface area contributed by atoms with Gasteiger partial charge in [0.1, 0.15) is 11.3 Å². The van der Waals surface area contributed by atoms with Gasteiger partial charge in [0.05, 0.1) is 6.42 Å². The quantitative estimate of drug-likeness (QED) is 0.447. The second kappa shape index (κ2) is 8.53. The first kappa shape index (κ1) is 19.3. The van der Waals surface area contributed by atoms with Gasteiger partial charge in [0, 0.05) is 11.1 Å². The highest BCUT2D eigenvalue weighted by atomic mass is 16.6. The molecule has 150 valence electrons. The third-order valence-electron chi connectivity index (χ3n) is 4.62. The van der Waals surface area contributed by atoms with E-state index in [0.29, 0.717) is 22.6 Å². The number of carbonyl (C=O) groups excluding carboxylic acids is 1. The van der Waals surface area contributed by atoms with Crippen molar-refractivity contribution in [2.75, 3.05) is 5.32 Å². The maximum absolute atomic E-state index is 12.2. The lowest BCUT2D eigenvalue weighted by molar-refractivity contribution is -0.136. The first-order chi connectivity index (χ1) is 14.6. The first-order valence-electron chi connectivity index (χ1n) is 9.40. The average molecular weight is 401 g/mol. The number of benzene rings is 3. The molecule has 0 saturated heterocycles. The van der Waals surface area contributed by atoms with Crippen LogP contribution in [0.15, 0.2) is 83.3 Å². The third-order valence-corrected chi connectivity index (χ3v) is 4.62. The number of rotatable bonds is 6. The summed E-state index contributed by atoms with van der Waals surface area (Å²) >= 11 is 0. The van der Waals surface area contributed by atoms with E-state index in [1.807, 2.05) is 54.6 Å². The number of ether oxygens (including phenoxy) is 1. The summed E-state index contributed by atoms with van der Waals surface area (Å²) in [5, 5.41) is 12.5. The van der Waals surface area contributed by atoms with Crippen LogP contribution in [-0.2, 0) is 22.6 Å². The van der Waals surface area contributed by atoms with E-state index in [-0.39, 0.29) is 13.0 Å². The Morgan fingerprint density at radius 2 is 1.67 bits per heavy atom. The second-order valence-electron chi connectivity index (χ2n) is 6.76. The van der Waals surface area contributed by atoms with Crippen molar-refractivity contribution in [1.82, 2.24) is 0 Å². The molecule has 30 heavy (non-hydrogen) atoms. The van der Waals surface area contributed by atoms with Crippen LogP contribution in [0.25, 0.3) is 22.1 Å². The number of hydrogen-bond acceptors (Lipinski definition) is 4. The summed E-state index contributed by atoms with van der Waals surface area (Å²) in [6.45, 7) is -0.0394. The summed E-state index contributed by atoms with van der Waals surface area (Å²) in [4.78, 5) is 23.1. The van der Waals surface area contributed by atoms with Gasteiger partial charge >= 0.3 is 12.1 Å². The average Bonchev–Trinajstić information content (AvgIpc) is 3.16. The molecule has 4 aromatic rings. The molecule has 3 aromatic carbocycles. The van der Waals surface area contributed by atoms with Gasteiger partial charge in [0.25, 0.3) is 0 Å². The molecular weight excluding hydrogens is 382 g/mol. The summed E-state index contributed by atoms with van der Waals surface area (Å²) in [6.07, 6.45) is -0.873. The molecule has 0 aliphatic rings. The maximum atomic E-state index is 12.2. The fourth-order valence-corrected chi connectivity index (χ4v) is 3.22. The van der Waals surface area contributed by atoms with Gasteiger partial charge in [0.2, 0.25) is 0 Å². The molecule has 0 bridgehead atoms. The van der Waals surface area contributed by atoms with Crippen molar-refractivity contribution in [3.8, 4) is 11.1 Å². The van der Waals surface area contributed by atoms with Crippen molar-refractivity contribution in [3.05, 3.63) is 90.2 Å². The molecule has 0 radical (unpaired) electrons. The Balaban J connectivity index is 1.42. The Labute approximate surface area is 172 Å². The topological polar surface area (TPSA) is 88.8 Å². The summed E-state index contributed by atoms with van der Waals surface area (Å²) in [5.74, 6) is -0.459. The van der Waals surface area contributed by atoms with Gasteiger partial charge in [-0.15, -0.1) is 0 Å². The van der Waals surface area contributed by atoms with E-state index in [0.717, 1.165) is 16.5 Å². The van der Waals surface area contributed by atoms with Gasteiger partial charge in [-0.05, 0) is 41.0 Å². The van der Waals surface area contributed by atoms with Crippen LogP contribution in [0.4, 0.5) is 10.5 Å². The summed E-state index contributed by atoms with van der Waals surface area (Å²) in [7, 11) is 0. The highest BCUT2D eigenvalue weighted by molar-refractivity contribution is 5.87. The molecule has 1 heterocycles. The molecule has 2 N–H and O–H groups in total. The van der Waals surface area contributed by atoms with E-state index in [2.05, 4.69) is 5.32 Å². The molecular formula is C24H19NO5. The molecule has 0 unspecified atom stereocenters. The van der Waals surface area contributed by atoms with Crippen molar-refractivity contribution >= 4 is 28.7 Å². The zero-order chi connectivity index (χ0) is 20.9. The maximum Gasteiger partial charge on any atom is 0.412 e. The highest BCUT2D eigenvalue weighted by Gasteiger charge is 2.12. The van der Waals surface area contributed by atoms with E-state index in [4.69, 9.17) is 14.3 Å². The zero-order valence-electron chi connectivity index (χ0n) is 16.0. The minimum atomic E-state index is -0.977. The molecule has 4 rings (SSSR count). The van der Waals surface area contributed by atoms with Gasteiger partial charge in [-0.25, -0.2) is 4.79 Å². The number of nitrogens with one attached hydrogen (secondary N) is 1. The fraction of sp³-hybridized carbons (Fsp3) is 0.0833. The van der Waals surface area contributed by atoms with E-state index in [1.54, 1.807) is 24.3 Å². The number of furan rings is 1. The van der Waals surface area contributed by atoms with Crippen molar-refractivity contribution in [2.45, 2.75) is 13.0 Å². The highest BCUT2D eigenvalue weighted by Crippen LogP contribution is 2.27. The number of para-hydroxylation sites is 1. The lowest BCUT2D eigenvalue weighted by atomic mass is 10.0. The monoisotopic (exact) mass is 401 g/mol. The molecule has 0 spiro atoms. The van der Waals surface area contributed by atoms with Gasteiger partial charge in [0.15, 0.2) is 6.61 Å². The second-order valence-corrected chi connectivity index (χ2v) is 6.76. The van der Waals surface area contributed by atoms with Crippen LogP contribution in [-0.4, -0.2) is 17.2 Å². The standard InChI is InChI=1S/C24H19NO5/c26-23(27)14-18-8-4-5-9-21(18)25-24(28)29-15-20-13-19-12-17(10-11-22(19)30-20)16-6-2-1-3-7-16/h1-13H,14-15H2,(H,25,28)(H,26,27). The lowest BCUT2D eigenvalue weighted by Crippen LogP contribution is -2.15. The van der Waals surface area contributed by atoms with E-state index < -0.39 is 12.1 Å². The molecule has 6 nitrogen and oxygen atoms in total. The van der Waals surface area contributed by atoms with Gasteiger partial charge in [-0.1, -0.05) is 54.6 Å². The van der Waals surface area contributed by atoms with E-state index >= 15 is 0 Å². The number of carboxylic acids is 1. The minimum absolute atomic E-state index is 0.0394. The minimum Gasteiger partial charge on any atom is -0.481 e. The molecule has 6 heteroatoms. The van der Waals surface area contributed by atoms with E-state index in [1.165, 1.54) is 0 Å². The normalized spacial score (nSPS) is 10.7. The summed E-state index contributed by atoms with van der Waals surface area (Å²) in [5.41, 5.74) is 3.79. The first-order valence-corrected chi connectivity index (χ1v) is 9.40. The lowest BCUT2D eigenvalue weighted by Gasteiger charge is -2.09. The zero-order valence-corrected chi connectivity index (χ0v) is 16.0. The van der Waals surface area contributed by atoms with Crippen LogP contribution in [0.3, 0.4) is 0 Å². The van der Waals surface area contributed by atoms with Gasteiger partial charge in [-0.2, -0.15) is 0 Å². The van der Waals surface area contributed by atoms with Gasteiger partial charge in [-0.3, -0.25) is 10.1 Å². The molecule has 0 fully saturated rings. The van der Waals surface area contributed by atoms with Crippen LogP contribution < -0.4 is 5.32 Å². The van der Waals surface area contributed by atoms with Crippen LogP contribution >= 0.6 is 0 Å². The SMILES string of the molecule is O=C(O)Cc1ccccc1NC(=O)OCc1cc2cc(-c3ccccc3)ccc2o1. The predicted octanol–water partition coefficient (Wildman–Crippen LogP) is 5.48. The smallest absolute Gasteiger partial charge is 0.412 e. The van der Waals surface area contributed by atoms with Crippen molar-refractivity contribution < 1.29 is 23.8 Å². The number of aliphatic carboxylic acids is 1. The number of anilines is 1. The van der Waals surface area contributed by atoms with Crippen LogP contribution in [0.2, 0.25) is 0 Å². The molecule has 1 aromatic heterocycles. The Bertz CT molecular complexity index is 1200. The molecule has 0 aliphatic heterocycles. The Morgan fingerprint density at radius 1 is 0.900 bits per heavy atom. The molecule has 0 atom stereocenters. The van der Waals surface area contributed by atoms with Gasteiger partial charge < -0.3 is 14.3 Å². The Hall–Kier alpha value is -4.06. The Morgan fingerprint density at radius 3 is 2.47 bits per heavy atom. The third kappa shape index (κ3) is 4.50. The molecule has 0 saturated carbocycles. The number of fused-ring (bicyclic) bond motifs is 1. The number of carboxylic acid groups (broad SMARTS) is 1. The van der Waals surface area contributed by atoms with E-state index in [9.17, 15) is 9.59 Å². The Kier molecular flexibility index (Phi) is 5.48. The number of carbonyl (C=O) groups is 2. The number of hydrogen-bond donors (Lipinski definition) is 2. The van der Waals surface area contributed by atoms with Crippen LogP contribution in [0.1, 0.15) is 11.3 Å². The summed E-state index contributed by atoms with van der Waals surface area (Å²) in [6, 6.07) is 24.5. The van der Waals surface area contributed by atoms with Crippen LogP contribution in [0.5, 0.6) is 0 Å². The molecule has 1 amide bonds. The van der Waals surface area contributed by atoms with Crippen molar-refractivity contribution in [2.24, 2.45) is 0 Å². The predicted molar refractivity (Wildman–Crippen MR) is 113 cm³/mol. The summed E-state index contributed by atoms with van der Waals surface area (Å²) < 4.78 is 11.0. The van der Waals surface area contributed by atoms with Crippen molar-refractivity contribution in [1.29, 1.82) is 0 Å². The fourth-order valence-electron chi connectivity index (χ4n) is 3.22. The van der Waals surface area contributed by atoms with Crippen LogP contribution in [0, 0.1) is 0 Å². The molecule has 0 aliphatic carbocycles. The largest absolute Gasteiger partial charge is 0.481 e.